The zero-order valence-electron chi connectivity index (χ0n) is 12.6. The summed E-state index contributed by atoms with van der Waals surface area (Å²) in [5.41, 5.74) is 2.62. The molecule has 0 fully saturated rings. The number of benzene rings is 1. The minimum Gasteiger partial charge on any atom is -0.353 e. The van der Waals surface area contributed by atoms with Crippen LogP contribution in [0.1, 0.15) is 38.3 Å². The molecule has 0 aliphatic heterocycles. The van der Waals surface area contributed by atoms with Crippen LogP contribution in [0.4, 0.5) is 0 Å². The predicted octanol–water partition coefficient (Wildman–Crippen LogP) is 3.95. The quantitative estimate of drug-likeness (QED) is 0.799. The Labute approximate surface area is 121 Å². The van der Waals surface area contributed by atoms with E-state index in [1.165, 1.54) is 16.0 Å². The zero-order chi connectivity index (χ0) is 14.4. The van der Waals surface area contributed by atoms with Crippen molar-refractivity contribution < 1.29 is 4.79 Å². The normalized spacial score (nSPS) is 12.5. The molecule has 0 radical (unpaired) electrons. The van der Waals surface area contributed by atoms with Crippen LogP contribution in [0.5, 0.6) is 0 Å². The predicted molar refractivity (Wildman–Crippen MR) is 83.7 cm³/mol. The molecular weight excluding hydrogens is 254 g/mol. The van der Waals surface area contributed by atoms with Crippen molar-refractivity contribution in [2.75, 3.05) is 5.75 Å². The van der Waals surface area contributed by atoms with E-state index < -0.39 is 0 Å². The summed E-state index contributed by atoms with van der Waals surface area (Å²) >= 11 is 1.75. The van der Waals surface area contributed by atoms with Crippen LogP contribution in [0.15, 0.2) is 23.1 Å². The fourth-order valence-electron chi connectivity index (χ4n) is 1.56. The largest absolute Gasteiger partial charge is 0.353 e. The number of hydrogen-bond donors (Lipinski definition) is 1. The second-order valence-corrected chi connectivity index (χ2v) is 6.61. The van der Waals surface area contributed by atoms with Gasteiger partial charge in [-0.2, -0.15) is 0 Å². The first-order valence-corrected chi connectivity index (χ1v) is 7.88. The van der Waals surface area contributed by atoms with Crippen LogP contribution in [0.3, 0.4) is 0 Å². The molecule has 0 aliphatic rings. The van der Waals surface area contributed by atoms with Gasteiger partial charge in [0.1, 0.15) is 0 Å². The van der Waals surface area contributed by atoms with Crippen LogP contribution in [0.25, 0.3) is 0 Å². The second-order valence-electron chi connectivity index (χ2n) is 5.44. The molecule has 1 aromatic rings. The molecule has 1 unspecified atom stereocenters. The highest BCUT2D eigenvalue weighted by atomic mass is 32.2. The highest BCUT2D eigenvalue weighted by Crippen LogP contribution is 2.21. The maximum absolute atomic E-state index is 11.7. The van der Waals surface area contributed by atoms with Crippen LogP contribution in [-0.2, 0) is 4.79 Å². The molecule has 0 saturated heterocycles. The first kappa shape index (κ1) is 16.1. The standard InChI is InChI=1S/C16H25NOS/c1-11(2)14(5)17-16(18)8-9-19-15-7-6-12(3)13(4)10-15/h6-7,10-11,14H,8-9H2,1-5H3,(H,17,18). The Morgan fingerprint density at radius 1 is 1.21 bits per heavy atom. The Morgan fingerprint density at radius 3 is 2.47 bits per heavy atom. The number of hydrogen-bond acceptors (Lipinski definition) is 2. The summed E-state index contributed by atoms with van der Waals surface area (Å²) in [6, 6.07) is 6.70. The van der Waals surface area contributed by atoms with Crippen molar-refractivity contribution in [2.24, 2.45) is 5.92 Å². The van der Waals surface area contributed by atoms with Crippen molar-refractivity contribution in [3.8, 4) is 0 Å². The van der Waals surface area contributed by atoms with Gasteiger partial charge in [-0.25, -0.2) is 0 Å². The Hall–Kier alpha value is -0.960. The lowest BCUT2D eigenvalue weighted by Crippen LogP contribution is -2.36. The molecular formula is C16H25NOS. The van der Waals surface area contributed by atoms with E-state index in [-0.39, 0.29) is 11.9 Å². The van der Waals surface area contributed by atoms with Crippen molar-refractivity contribution in [2.45, 2.75) is 52.0 Å². The Balaban J connectivity index is 2.33. The van der Waals surface area contributed by atoms with E-state index in [9.17, 15) is 4.79 Å². The average Bonchev–Trinajstić information content (AvgIpc) is 2.33. The highest BCUT2D eigenvalue weighted by molar-refractivity contribution is 7.99. The molecule has 0 aromatic heterocycles. The lowest BCUT2D eigenvalue weighted by atomic mass is 10.1. The second kappa shape index (κ2) is 7.59. The maximum Gasteiger partial charge on any atom is 0.221 e. The third-order valence-electron chi connectivity index (χ3n) is 3.46. The summed E-state index contributed by atoms with van der Waals surface area (Å²) in [6.45, 7) is 10.5. The molecule has 2 nitrogen and oxygen atoms in total. The molecule has 1 atom stereocenters. The minimum absolute atomic E-state index is 0.150. The fraction of sp³-hybridized carbons (Fsp3) is 0.562. The molecule has 1 rings (SSSR count). The summed E-state index contributed by atoms with van der Waals surface area (Å²) in [6.07, 6.45) is 0.578. The van der Waals surface area contributed by atoms with Gasteiger partial charge < -0.3 is 5.32 Å². The molecule has 0 heterocycles. The summed E-state index contributed by atoms with van der Waals surface area (Å²) in [5, 5.41) is 3.03. The molecule has 1 N–H and O–H groups in total. The summed E-state index contributed by atoms with van der Waals surface area (Å²) in [7, 11) is 0. The van der Waals surface area contributed by atoms with Crippen molar-refractivity contribution in [3.63, 3.8) is 0 Å². The van der Waals surface area contributed by atoms with Gasteiger partial charge in [-0.15, -0.1) is 11.8 Å². The average molecular weight is 279 g/mol. The van der Waals surface area contributed by atoms with Gasteiger partial charge in [0.25, 0.3) is 0 Å². The van der Waals surface area contributed by atoms with Crippen molar-refractivity contribution >= 4 is 17.7 Å². The topological polar surface area (TPSA) is 29.1 Å². The number of carbonyl (C=O) groups is 1. The van der Waals surface area contributed by atoms with Gasteiger partial charge in [0.05, 0.1) is 0 Å². The maximum atomic E-state index is 11.7. The van der Waals surface area contributed by atoms with E-state index >= 15 is 0 Å². The number of aryl methyl sites for hydroxylation is 2. The Bertz CT molecular complexity index is 429. The first-order chi connectivity index (χ1) is 8.90. The SMILES string of the molecule is Cc1ccc(SCCC(=O)NC(C)C(C)C)cc1C. The lowest BCUT2D eigenvalue weighted by Gasteiger charge is -2.17. The van der Waals surface area contributed by atoms with Gasteiger partial charge >= 0.3 is 0 Å². The minimum atomic E-state index is 0.150. The van der Waals surface area contributed by atoms with E-state index in [2.05, 4.69) is 58.1 Å². The molecule has 1 amide bonds. The van der Waals surface area contributed by atoms with E-state index in [1.807, 2.05) is 0 Å². The Morgan fingerprint density at radius 2 is 1.89 bits per heavy atom. The van der Waals surface area contributed by atoms with Crippen LogP contribution in [-0.4, -0.2) is 17.7 Å². The number of rotatable bonds is 6. The summed E-state index contributed by atoms with van der Waals surface area (Å²) in [4.78, 5) is 13.0. The number of nitrogens with one attached hydrogen (secondary N) is 1. The van der Waals surface area contributed by atoms with Crippen molar-refractivity contribution in [1.29, 1.82) is 0 Å². The van der Waals surface area contributed by atoms with Crippen LogP contribution in [0.2, 0.25) is 0 Å². The molecule has 19 heavy (non-hydrogen) atoms. The van der Waals surface area contributed by atoms with Gasteiger partial charge in [-0.05, 0) is 49.9 Å². The van der Waals surface area contributed by atoms with Crippen LogP contribution < -0.4 is 5.32 Å². The first-order valence-electron chi connectivity index (χ1n) is 6.89. The Kier molecular flexibility index (Phi) is 6.43. The molecule has 0 spiro atoms. The van der Waals surface area contributed by atoms with Gasteiger partial charge in [-0.3, -0.25) is 4.79 Å². The molecule has 0 saturated carbocycles. The third-order valence-corrected chi connectivity index (χ3v) is 4.46. The number of carbonyl (C=O) groups excluding carboxylic acids is 1. The molecule has 3 heteroatoms. The summed E-state index contributed by atoms with van der Waals surface area (Å²) in [5.74, 6) is 1.47. The van der Waals surface area contributed by atoms with Gasteiger partial charge in [0.15, 0.2) is 0 Å². The lowest BCUT2D eigenvalue weighted by molar-refractivity contribution is -0.121. The molecule has 106 valence electrons. The molecule has 1 aromatic carbocycles. The zero-order valence-corrected chi connectivity index (χ0v) is 13.4. The van der Waals surface area contributed by atoms with E-state index in [0.717, 1.165) is 5.75 Å². The van der Waals surface area contributed by atoms with Crippen molar-refractivity contribution in [1.82, 2.24) is 5.32 Å². The van der Waals surface area contributed by atoms with Crippen LogP contribution >= 0.6 is 11.8 Å². The smallest absolute Gasteiger partial charge is 0.221 e. The fourth-order valence-corrected chi connectivity index (χ4v) is 2.51. The number of thioether (sulfide) groups is 1. The van der Waals surface area contributed by atoms with E-state index in [4.69, 9.17) is 0 Å². The molecule has 0 bridgehead atoms. The van der Waals surface area contributed by atoms with Crippen molar-refractivity contribution in [3.05, 3.63) is 29.3 Å². The van der Waals surface area contributed by atoms with Crippen LogP contribution in [0, 0.1) is 19.8 Å². The van der Waals surface area contributed by atoms with Gasteiger partial charge in [0, 0.05) is 23.1 Å². The monoisotopic (exact) mass is 279 g/mol. The highest BCUT2D eigenvalue weighted by Gasteiger charge is 2.10. The van der Waals surface area contributed by atoms with E-state index in [1.54, 1.807) is 11.8 Å². The summed E-state index contributed by atoms with van der Waals surface area (Å²) < 4.78 is 0. The molecule has 0 aliphatic carbocycles. The van der Waals surface area contributed by atoms with Gasteiger partial charge in [-0.1, -0.05) is 19.9 Å². The third kappa shape index (κ3) is 5.68. The number of amides is 1. The van der Waals surface area contributed by atoms with E-state index in [0.29, 0.717) is 12.3 Å². The van der Waals surface area contributed by atoms with Gasteiger partial charge in [0.2, 0.25) is 5.91 Å².